The third-order valence-electron chi connectivity index (χ3n) is 3.25. The van der Waals surface area contributed by atoms with Crippen molar-refractivity contribution in [3.8, 4) is 0 Å². The Bertz CT molecular complexity index is 874. The molecule has 106 valence electrons. The molecule has 0 bridgehead atoms. The Balaban J connectivity index is 2.17. The Morgan fingerprint density at radius 1 is 1.00 bits per heavy atom. The third-order valence-corrected chi connectivity index (χ3v) is 5.07. The van der Waals surface area contributed by atoms with E-state index < -0.39 is 10.0 Å². The molecule has 0 spiro atoms. The number of benzene rings is 1. The van der Waals surface area contributed by atoms with Crippen molar-refractivity contribution in [2.45, 2.75) is 4.90 Å². The highest BCUT2D eigenvalue weighted by Gasteiger charge is 2.23. The van der Waals surface area contributed by atoms with E-state index in [1.807, 2.05) is 6.07 Å². The minimum absolute atomic E-state index is 0.246. The van der Waals surface area contributed by atoms with E-state index in [4.69, 9.17) is 0 Å². The second-order valence-electron chi connectivity index (χ2n) is 4.51. The third kappa shape index (κ3) is 2.34. The zero-order valence-corrected chi connectivity index (χ0v) is 12.2. The smallest absolute Gasteiger partial charge is 0.264 e. The van der Waals surface area contributed by atoms with Crippen molar-refractivity contribution in [1.29, 1.82) is 0 Å². The highest BCUT2D eigenvalue weighted by molar-refractivity contribution is 7.93. The Morgan fingerprint density at radius 3 is 2.62 bits per heavy atom. The van der Waals surface area contributed by atoms with Crippen LogP contribution in [0.2, 0.25) is 0 Å². The van der Waals surface area contributed by atoms with Gasteiger partial charge in [-0.15, -0.1) is 0 Å². The minimum atomic E-state index is -3.68. The molecule has 0 radical (unpaired) electrons. The molecule has 2 heterocycles. The largest absolute Gasteiger partial charge is 0.265 e. The Hall–Kier alpha value is -2.47. The molecule has 0 aliphatic rings. The van der Waals surface area contributed by atoms with Crippen molar-refractivity contribution in [3.05, 3.63) is 61.1 Å². The summed E-state index contributed by atoms with van der Waals surface area (Å²) in [5.74, 6) is 0.378. The lowest BCUT2D eigenvalue weighted by Crippen LogP contribution is -2.27. The van der Waals surface area contributed by atoms with Crippen molar-refractivity contribution >= 4 is 26.6 Å². The highest BCUT2D eigenvalue weighted by atomic mass is 32.2. The van der Waals surface area contributed by atoms with Gasteiger partial charge < -0.3 is 0 Å². The van der Waals surface area contributed by atoms with Gasteiger partial charge in [-0.2, -0.15) is 0 Å². The predicted octanol–water partition coefficient (Wildman–Crippen LogP) is 2.45. The van der Waals surface area contributed by atoms with E-state index in [0.29, 0.717) is 11.2 Å². The summed E-state index contributed by atoms with van der Waals surface area (Å²) in [4.78, 5) is 8.35. The molecule has 0 aliphatic heterocycles. The van der Waals surface area contributed by atoms with Crippen LogP contribution in [0.1, 0.15) is 0 Å². The molecule has 0 saturated carbocycles. The monoisotopic (exact) mass is 299 g/mol. The zero-order chi connectivity index (χ0) is 14.9. The lowest BCUT2D eigenvalue weighted by Gasteiger charge is -2.19. The van der Waals surface area contributed by atoms with E-state index in [1.165, 1.54) is 11.4 Å². The van der Waals surface area contributed by atoms with Gasteiger partial charge in [0, 0.05) is 36.4 Å². The van der Waals surface area contributed by atoms with E-state index in [1.54, 1.807) is 55.0 Å². The summed E-state index contributed by atoms with van der Waals surface area (Å²) in [5, 5.41) is 1.43. The van der Waals surface area contributed by atoms with E-state index in [-0.39, 0.29) is 4.90 Å². The van der Waals surface area contributed by atoms with Crippen molar-refractivity contribution in [3.63, 3.8) is 0 Å². The fourth-order valence-electron chi connectivity index (χ4n) is 2.13. The number of pyridine rings is 2. The number of hydrogen-bond acceptors (Lipinski definition) is 4. The van der Waals surface area contributed by atoms with Gasteiger partial charge in [-0.05, 0) is 24.3 Å². The van der Waals surface area contributed by atoms with Gasteiger partial charge in [0.25, 0.3) is 10.0 Å². The average Bonchev–Trinajstić information content (AvgIpc) is 2.54. The molecule has 5 nitrogen and oxygen atoms in total. The first kappa shape index (κ1) is 13.5. The van der Waals surface area contributed by atoms with Gasteiger partial charge in [0.15, 0.2) is 0 Å². The molecule has 0 aliphatic carbocycles. The van der Waals surface area contributed by atoms with Gasteiger partial charge in [0.1, 0.15) is 5.82 Å². The number of anilines is 1. The van der Waals surface area contributed by atoms with Crippen LogP contribution in [0.5, 0.6) is 0 Å². The number of fused-ring (bicyclic) bond motifs is 1. The van der Waals surface area contributed by atoms with Crippen LogP contribution in [0, 0.1) is 0 Å². The Morgan fingerprint density at radius 2 is 1.86 bits per heavy atom. The fourth-order valence-corrected chi connectivity index (χ4v) is 3.49. The molecule has 0 unspecified atom stereocenters. The van der Waals surface area contributed by atoms with Crippen LogP contribution >= 0.6 is 0 Å². The second-order valence-corrected chi connectivity index (χ2v) is 6.45. The maximum absolute atomic E-state index is 12.8. The lowest BCUT2D eigenvalue weighted by molar-refractivity contribution is 0.595. The molecule has 1 aromatic carbocycles. The highest BCUT2D eigenvalue weighted by Crippen LogP contribution is 2.26. The lowest BCUT2D eigenvalue weighted by atomic mass is 10.2. The number of hydrogen-bond donors (Lipinski definition) is 0. The summed E-state index contributed by atoms with van der Waals surface area (Å²) in [6.45, 7) is 0. The molecule has 6 heteroatoms. The van der Waals surface area contributed by atoms with E-state index in [0.717, 1.165) is 5.39 Å². The molecule has 3 aromatic rings. The van der Waals surface area contributed by atoms with E-state index >= 15 is 0 Å². The van der Waals surface area contributed by atoms with Gasteiger partial charge in [0.2, 0.25) is 0 Å². The fraction of sp³-hybridized carbons (Fsp3) is 0.0667. The second kappa shape index (κ2) is 5.14. The number of aromatic nitrogens is 2. The molecule has 0 N–H and O–H groups in total. The number of nitrogens with zero attached hydrogens (tertiary/aromatic N) is 3. The van der Waals surface area contributed by atoms with Crippen LogP contribution in [0.3, 0.4) is 0 Å². The molecule has 0 fully saturated rings. The van der Waals surface area contributed by atoms with Gasteiger partial charge in [0.05, 0.1) is 4.90 Å². The molecule has 0 amide bonds. The predicted molar refractivity (Wildman–Crippen MR) is 81.6 cm³/mol. The molecule has 0 atom stereocenters. The Labute approximate surface area is 122 Å². The summed E-state index contributed by atoms with van der Waals surface area (Å²) >= 11 is 0. The van der Waals surface area contributed by atoms with Crippen LogP contribution in [0.15, 0.2) is 66.0 Å². The molecule has 0 saturated heterocycles. The summed E-state index contributed by atoms with van der Waals surface area (Å²) in [5.41, 5.74) is 0. The van der Waals surface area contributed by atoms with E-state index in [2.05, 4.69) is 9.97 Å². The van der Waals surface area contributed by atoms with Gasteiger partial charge in [-0.1, -0.05) is 18.2 Å². The molecule has 3 rings (SSSR count). The first-order valence-electron chi connectivity index (χ1n) is 6.33. The summed E-state index contributed by atoms with van der Waals surface area (Å²) in [7, 11) is -2.18. The van der Waals surface area contributed by atoms with Crippen molar-refractivity contribution in [2.75, 3.05) is 11.4 Å². The SMILES string of the molecule is CN(c1ccccn1)S(=O)(=O)c1cccc2cnccc12. The summed E-state index contributed by atoms with van der Waals surface area (Å²) in [6.07, 6.45) is 4.80. The number of sulfonamides is 1. The topological polar surface area (TPSA) is 63.2 Å². The first-order chi connectivity index (χ1) is 10.1. The minimum Gasteiger partial charge on any atom is -0.264 e. The summed E-state index contributed by atoms with van der Waals surface area (Å²) < 4.78 is 26.8. The van der Waals surface area contributed by atoms with Crippen LogP contribution in [0.25, 0.3) is 10.8 Å². The first-order valence-corrected chi connectivity index (χ1v) is 7.77. The van der Waals surface area contributed by atoms with Crippen molar-refractivity contribution in [1.82, 2.24) is 9.97 Å². The van der Waals surface area contributed by atoms with Crippen molar-refractivity contribution < 1.29 is 8.42 Å². The van der Waals surface area contributed by atoms with Crippen LogP contribution < -0.4 is 4.31 Å². The van der Waals surface area contributed by atoms with Gasteiger partial charge >= 0.3 is 0 Å². The quantitative estimate of drug-likeness (QED) is 0.745. The van der Waals surface area contributed by atoms with Gasteiger partial charge in [-0.3, -0.25) is 9.29 Å². The maximum atomic E-state index is 12.8. The summed E-state index contributed by atoms with van der Waals surface area (Å²) in [6, 6.07) is 12.0. The molecular formula is C15H13N3O2S. The molecule has 21 heavy (non-hydrogen) atoms. The maximum Gasteiger partial charge on any atom is 0.265 e. The van der Waals surface area contributed by atoms with Crippen LogP contribution in [0.4, 0.5) is 5.82 Å². The normalized spacial score (nSPS) is 11.5. The standard InChI is InChI=1S/C15H13N3O2S/c1-18(15-7-2-3-9-17-15)21(19,20)14-6-4-5-12-11-16-10-8-13(12)14/h2-11H,1H3. The van der Waals surface area contributed by atoms with Crippen LogP contribution in [-0.2, 0) is 10.0 Å². The van der Waals surface area contributed by atoms with E-state index in [9.17, 15) is 8.42 Å². The average molecular weight is 299 g/mol. The molecular weight excluding hydrogens is 286 g/mol. The van der Waals surface area contributed by atoms with Crippen molar-refractivity contribution in [2.24, 2.45) is 0 Å². The number of rotatable bonds is 3. The Kier molecular flexibility index (Phi) is 3.31. The molecule has 2 aromatic heterocycles. The van der Waals surface area contributed by atoms with Gasteiger partial charge in [-0.25, -0.2) is 13.4 Å². The zero-order valence-electron chi connectivity index (χ0n) is 11.3. The van der Waals surface area contributed by atoms with Crippen LogP contribution in [-0.4, -0.2) is 25.4 Å².